The Morgan fingerprint density at radius 1 is 1.11 bits per heavy atom. The maximum absolute atomic E-state index is 14.2. The van der Waals surface area contributed by atoms with Crippen LogP contribution in [0.2, 0.25) is 5.02 Å². The molecule has 5 rings (SSSR count). The van der Waals surface area contributed by atoms with Crippen molar-refractivity contribution in [1.29, 1.82) is 0 Å². The number of hydrogen-bond donors (Lipinski definition) is 1. The highest BCUT2D eigenvalue weighted by molar-refractivity contribution is 6.34. The Balaban J connectivity index is 1.72. The standard InChI is InChI=1S/C26H18ClF2N7O2/c1-4-15-6-20(28)21(29)7-16(15)13-35-24(31-23-8-17-12-34(3)33-22(17)9-19(23)27)32-25(37)36(26(35)38)18-5-14(2)10-30-11-18/h1,5-12H,13H2,2-3H3,(H,31,32,37). The Bertz CT molecular complexity index is 1900. The second-order valence-electron chi connectivity index (χ2n) is 8.53. The highest BCUT2D eigenvalue weighted by atomic mass is 35.5. The molecule has 3 aromatic heterocycles. The van der Waals surface area contributed by atoms with Gasteiger partial charge in [-0.3, -0.25) is 14.2 Å². The number of anilines is 2. The summed E-state index contributed by atoms with van der Waals surface area (Å²) in [5.74, 6) is -0.158. The van der Waals surface area contributed by atoms with E-state index in [9.17, 15) is 18.4 Å². The lowest BCUT2D eigenvalue weighted by atomic mass is 10.1. The maximum atomic E-state index is 14.2. The van der Waals surface area contributed by atoms with E-state index in [-0.39, 0.29) is 34.3 Å². The lowest BCUT2D eigenvalue weighted by Gasteiger charge is -2.17. The van der Waals surface area contributed by atoms with Crippen LogP contribution in [0.5, 0.6) is 0 Å². The molecule has 1 N–H and O–H groups in total. The summed E-state index contributed by atoms with van der Waals surface area (Å²) in [5, 5.41) is 8.22. The van der Waals surface area contributed by atoms with Crippen molar-refractivity contribution in [3.05, 3.63) is 103 Å². The average molecular weight is 534 g/mol. The fraction of sp³-hybridized carbons (Fsp3) is 0.115. The monoisotopic (exact) mass is 533 g/mol. The average Bonchev–Trinajstić information content (AvgIpc) is 3.22. The number of benzene rings is 2. The second-order valence-corrected chi connectivity index (χ2v) is 8.94. The van der Waals surface area contributed by atoms with Crippen molar-refractivity contribution in [3.8, 4) is 18.0 Å². The number of rotatable bonds is 5. The maximum Gasteiger partial charge on any atom is 0.359 e. The first-order chi connectivity index (χ1) is 18.1. The minimum Gasteiger partial charge on any atom is -0.324 e. The largest absolute Gasteiger partial charge is 0.359 e. The highest BCUT2D eigenvalue weighted by Crippen LogP contribution is 2.29. The lowest BCUT2D eigenvalue weighted by Crippen LogP contribution is -2.42. The molecule has 0 atom stereocenters. The van der Waals surface area contributed by atoms with Crippen LogP contribution in [0.1, 0.15) is 16.7 Å². The fourth-order valence-electron chi connectivity index (χ4n) is 4.02. The molecule has 0 aliphatic carbocycles. The number of pyridine rings is 1. The molecule has 0 aliphatic rings. The van der Waals surface area contributed by atoms with Gasteiger partial charge in [0.1, 0.15) is 0 Å². The van der Waals surface area contributed by atoms with Crippen molar-refractivity contribution in [1.82, 2.24) is 28.9 Å². The van der Waals surface area contributed by atoms with Crippen LogP contribution in [0.3, 0.4) is 0 Å². The Morgan fingerprint density at radius 3 is 2.61 bits per heavy atom. The summed E-state index contributed by atoms with van der Waals surface area (Å²) in [5.41, 5.74) is 0.319. The molecule has 5 aromatic rings. The van der Waals surface area contributed by atoms with E-state index < -0.39 is 23.0 Å². The van der Waals surface area contributed by atoms with Gasteiger partial charge in [-0.1, -0.05) is 17.5 Å². The van der Waals surface area contributed by atoms with Crippen LogP contribution in [0.25, 0.3) is 16.6 Å². The number of aryl methyl sites for hydroxylation is 2. The number of fused-ring (bicyclic) bond motifs is 1. The number of aromatic nitrogens is 6. The van der Waals surface area contributed by atoms with E-state index in [4.69, 9.17) is 18.0 Å². The zero-order valence-electron chi connectivity index (χ0n) is 20.0. The zero-order valence-corrected chi connectivity index (χ0v) is 20.8. The molecular formula is C26H18ClF2N7O2. The van der Waals surface area contributed by atoms with E-state index in [1.165, 1.54) is 6.20 Å². The SMILES string of the molecule is C#Cc1cc(F)c(F)cc1Cn1c(Nc2cc3cn(C)nc3cc2Cl)nc(=O)n(-c2cncc(C)c2)c1=O. The lowest BCUT2D eigenvalue weighted by molar-refractivity contribution is 0.505. The van der Waals surface area contributed by atoms with Crippen molar-refractivity contribution < 1.29 is 8.78 Å². The molecular weight excluding hydrogens is 516 g/mol. The van der Waals surface area contributed by atoms with Gasteiger partial charge in [-0.25, -0.2) is 22.9 Å². The van der Waals surface area contributed by atoms with Crippen LogP contribution in [-0.4, -0.2) is 28.9 Å². The number of halogens is 3. The predicted molar refractivity (Wildman–Crippen MR) is 139 cm³/mol. The molecule has 0 unspecified atom stereocenters. The van der Waals surface area contributed by atoms with Crippen LogP contribution in [-0.2, 0) is 13.6 Å². The van der Waals surface area contributed by atoms with E-state index in [0.29, 0.717) is 16.8 Å². The Labute approximate surface area is 219 Å². The summed E-state index contributed by atoms with van der Waals surface area (Å²) in [6.07, 6.45) is 10.2. The van der Waals surface area contributed by atoms with Crippen LogP contribution < -0.4 is 16.7 Å². The summed E-state index contributed by atoms with van der Waals surface area (Å²) < 4.78 is 31.5. The van der Waals surface area contributed by atoms with Gasteiger partial charge in [0.25, 0.3) is 0 Å². The molecule has 190 valence electrons. The normalized spacial score (nSPS) is 11.1. The fourth-order valence-corrected chi connectivity index (χ4v) is 4.23. The van der Waals surface area contributed by atoms with Gasteiger partial charge in [-0.05, 0) is 48.4 Å². The number of hydrogen-bond acceptors (Lipinski definition) is 6. The van der Waals surface area contributed by atoms with Crippen LogP contribution >= 0.6 is 11.6 Å². The Kier molecular flexibility index (Phi) is 6.26. The van der Waals surface area contributed by atoms with Gasteiger partial charge in [0.05, 0.1) is 34.7 Å². The molecule has 0 spiro atoms. The molecule has 12 heteroatoms. The van der Waals surface area contributed by atoms with Gasteiger partial charge in [0.2, 0.25) is 5.95 Å². The molecule has 38 heavy (non-hydrogen) atoms. The van der Waals surface area contributed by atoms with Crippen molar-refractivity contribution in [2.45, 2.75) is 13.5 Å². The van der Waals surface area contributed by atoms with Gasteiger partial charge >= 0.3 is 11.4 Å². The summed E-state index contributed by atoms with van der Waals surface area (Å²) in [6, 6.07) is 6.66. The van der Waals surface area contributed by atoms with E-state index >= 15 is 0 Å². The van der Waals surface area contributed by atoms with Crippen molar-refractivity contribution >= 4 is 34.1 Å². The third kappa shape index (κ3) is 4.53. The first kappa shape index (κ1) is 24.9. The molecule has 0 amide bonds. The third-order valence-electron chi connectivity index (χ3n) is 5.77. The molecule has 0 aliphatic heterocycles. The minimum atomic E-state index is -1.14. The predicted octanol–water partition coefficient (Wildman–Crippen LogP) is 3.69. The first-order valence-electron chi connectivity index (χ1n) is 11.1. The summed E-state index contributed by atoms with van der Waals surface area (Å²) in [4.78, 5) is 34.9. The minimum absolute atomic E-state index is 0.0338. The van der Waals surface area contributed by atoms with E-state index in [1.54, 1.807) is 49.2 Å². The highest BCUT2D eigenvalue weighted by Gasteiger charge is 2.19. The first-order valence-corrected chi connectivity index (χ1v) is 11.5. The van der Waals surface area contributed by atoms with Gasteiger partial charge < -0.3 is 5.32 Å². The van der Waals surface area contributed by atoms with E-state index in [2.05, 4.69) is 26.3 Å². The molecule has 0 fully saturated rings. The number of nitrogens with zero attached hydrogens (tertiary/aromatic N) is 6. The Hall–Kier alpha value is -4.82. The van der Waals surface area contributed by atoms with Crippen molar-refractivity contribution in [2.75, 3.05) is 5.32 Å². The molecule has 0 bridgehead atoms. The summed E-state index contributed by atoms with van der Waals surface area (Å²) >= 11 is 6.45. The zero-order chi connectivity index (χ0) is 27.1. The van der Waals surface area contributed by atoms with Gasteiger partial charge in [0, 0.05) is 30.4 Å². The molecule has 0 saturated heterocycles. The summed E-state index contributed by atoms with van der Waals surface area (Å²) in [7, 11) is 1.75. The van der Waals surface area contributed by atoms with Gasteiger partial charge in [-0.2, -0.15) is 10.1 Å². The summed E-state index contributed by atoms with van der Waals surface area (Å²) in [6.45, 7) is 1.41. The number of nitrogens with one attached hydrogen (secondary N) is 1. The molecule has 0 radical (unpaired) electrons. The topological polar surface area (TPSA) is 99.6 Å². The molecule has 0 saturated carbocycles. The molecule has 9 nitrogen and oxygen atoms in total. The van der Waals surface area contributed by atoms with Gasteiger partial charge in [0.15, 0.2) is 11.6 Å². The van der Waals surface area contributed by atoms with E-state index in [1.807, 2.05) is 0 Å². The Morgan fingerprint density at radius 2 is 1.87 bits per heavy atom. The van der Waals surface area contributed by atoms with Crippen molar-refractivity contribution in [3.63, 3.8) is 0 Å². The molecule has 2 aromatic carbocycles. The van der Waals surface area contributed by atoms with Crippen LogP contribution in [0, 0.1) is 30.9 Å². The third-order valence-corrected chi connectivity index (χ3v) is 6.09. The quantitative estimate of drug-likeness (QED) is 0.346. The second kappa shape index (κ2) is 9.57. The van der Waals surface area contributed by atoms with Gasteiger partial charge in [-0.15, -0.1) is 6.42 Å². The van der Waals surface area contributed by atoms with Crippen molar-refractivity contribution in [2.24, 2.45) is 7.05 Å². The smallest absolute Gasteiger partial charge is 0.324 e. The van der Waals surface area contributed by atoms with Crippen LogP contribution in [0.4, 0.5) is 20.4 Å². The number of terminal acetylenes is 1. The van der Waals surface area contributed by atoms with E-state index in [0.717, 1.165) is 26.7 Å². The van der Waals surface area contributed by atoms with Crippen LogP contribution in [0.15, 0.2) is 58.5 Å². The molecule has 3 heterocycles.